The molecule has 0 bridgehead atoms. The van der Waals surface area contributed by atoms with E-state index in [9.17, 15) is 0 Å². The molecule has 4 heteroatoms. The summed E-state index contributed by atoms with van der Waals surface area (Å²) in [6, 6.07) is 12.2. The molecule has 1 atom stereocenters. The van der Waals surface area contributed by atoms with Gasteiger partial charge in [0.2, 0.25) is 0 Å². The number of benzene rings is 1. The normalized spacial score (nSPS) is 13.1. The summed E-state index contributed by atoms with van der Waals surface area (Å²) < 4.78 is 0. The van der Waals surface area contributed by atoms with Crippen molar-refractivity contribution in [2.45, 2.75) is 39.2 Å². The van der Waals surface area contributed by atoms with Gasteiger partial charge in [-0.05, 0) is 12.5 Å². The second kappa shape index (κ2) is 5.80. The van der Waals surface area contributed by atoms with Gasteiger partial charge in [-0.15, -0.1) is 0 Å². The van der Waals surface area contributed by atoms with Crippen molar-refractivity contribution < 1.29 is 0 Å². The summed E-state index contributed by atoms with van der Waals surface area (Å²) >= 11 is 6.09. The number of anilines is 1. The molecular formula is C16H20ClN3. The van der Waals surface area contributed by atoms with Gasteiger partial charge in [-0.2, -0.15) is 0 Å². The van der Waals surface area contributed by atoms with E-state index in [1.54, 1.807) is 6.07 Å². The van der Waals surface area contributed by atoms with E-state index in [1.165, 1.54) is 5.56 Å². The van der Waals surface area contributed by atoms with E-state index in [4.69, 9.17) is 11.6 Å². The highest BCUT2D eigenvalue weighted by atomic mass is 35.5. The van der Waals surface area contributed by atoms with Crippen LogP contribution in [0.5, 0.6) is 0 Å². The molecule has 1 aromatic heterocycles. The SMILES string of the molecule is CC(Nc1cc(Cl)nc(C(C)(C)C)n1)c1ccccc1. The largest absolute Gasteiger partial charge is 0.363 e. The number of nitrogens with one attached hydrogen (secondary N) is 1. The Kier molecular flexibility index (Phi) is 4.29. The van der Waals surface area contributed by atoms with Crippen LogP contribution in [0, 0.1) is 0 Å². The van der Waals surface area contributed by atoms with Gasteiger partial charge in [0.25, 0.3) is 0 Å². The smallest absolute Gasteiger partial charge is 0.137 e. The lowest BCUT2D eigenvalue weighted by Crippen LogP contribution is -2.18. The molecule has 1 unspecified atom stereocenters. The Balaban J connectivity index is 2.24. The van der Waals surface area contributed by atoms with Gasteiger partial charge >= 0.3 is 0 Å². The lowest BCUT2D eigenvalue weighted by Gasteiger charge is -2.20. The van der Waals surface area contributed by atoms with Crippen LogP contribution >= 0.6 is 11.6 Å². The van der Waals surface area contributed by atoms with E-state index in [-0.39, 0.29) is 11.5 Å². The number of aromatic nitrogens is 2. The molecule has 1 heterocycles. The minimum absolute atomic E-state index is 0.128. The minimum atomic E-state index is -0.128. The third-order valence-corrected chi connectivity index (χ3v) is 3.22. The maximum atomic E-state index is 6.09. The third-order valence-electron chi connectivity index (χ3n) is 3.03. The van der Waals surface area contributed by atoms with E-state index >= 15 is 0 Å². The van der Waals surface area contributed by atoms with Crippen LogP contribution < -0.4 is 5.32 Å². The van der Waals surface area contributed by atoms with Crippen molar-refractivity contribution in [1.82, 2.24) is 9.97 Å². The lowest BCUT2D eigenvalue weighted by atomic mass is 9.96. The van der Waals surface area contributed by atoms with Gasteiger partial charge in [-0.25, -0.2) is 9.97 Å². The van der Waals surface area contributed by atoms with Crippen LogP contribution in [0.3, 0.4) is 0 Å². The second-order valence-electron chi connectivity index (χ2n) is 5.93. The third kappa shape index (κ3) is 3.70. The summed E-state index contributed by atoms with van der Waals surface area (Å²) in [5.74, 6) is 1.50. The first-order valence-corrected chi connectivity index (χ1v) is 7.10. The van der Waals surface area contributed by atoms with Crippen LogP contribution in [0.15, 0.2) is 36.4 Å². The molecule has 0 saturated carbocycles. The maximum absolute atomic E-state index is 6.09. The first kappa shape index (κ1) is 14.8. The van der Waals surface area contributed by atoms with Crippen LogP contribution in [0.25, 0.3) is 0 Å². The molecule has 0 amide bonds. The Bertz CT molecular complexity index is 576. The van der Waals surface area contributed by atoms with Crippen molar-refractivity contribution >= 4 is 17.4 Å². The van der Waals surface area contributed by atoms with Crippen molar-refractivity contribution in [2.24, 2.45) is 0 Å². The number of halogens is 1. The zero-order valence-corrected chi connectivity index (χ0v) is 13.1. The zero-order valence-electron chi connectivity index (χ0n) is 12.3. The van der Waals surface area contributed by atoms with Crippen LogP contribution in [0.2, 0.25) is 5.15 Å². The Morgan fingerprint density at radius 2 is 1.75 bits per heavy atom. The number of nitrogens with zero attached hydrogens (tertiary/aromatic N) is 2. The summed E-state index contributed by atoms with van der Waals surface area (Å²) in [5, 5.41) is 3.84. The van der Waals surface area contributed by atoms with Gasteiger partial charge in [-0.1, -0.05) is 62.7 Å². The fourth-order valence-electron chi connectivity index (χ4n) is 1.87. The van der Waals surface area contributed by atoms with Crippen molar-refractivity contribution in [3.8, 4) is 0 Å². The molecule has 1 aromatic carbocycles. The fourth-order valence-corrected chi connectivity index (χ4v) is 2.06. The first-order valence-electron chi connectivity index (χ1n) is 6.73. The molecule has 20 heavy (non-hydrogen) atoms. The number of rotatable bonds is 3. The average molecular weight is 290 g/mol. The Hall–Kier alpha value is -1.61. The maximum Gasteiger partial charge on any atom is 0.137 e. The summed E-state index contributed by atoms with van der Waals surface area (Å²) in [4.78, 5) is 8.86. The topological polar surface area (TPSA) is 37.8 Å². The van der Waals surface area contributed by atoms with Gasteiger partial charge in [0.15, 0.2) is 0 Å². The molecule has 0 fully saturated rings. The van der Waals surface area contributed by atoms with Gasteiger partial charge in [0.05, 0.1) is 0 Å². The Morgan fingerprint density at radius 3 is 2.35 bits per heavy atom. The minimum Gasteiger partial charge on any atom is -0.363 e. The molecule has 0 aliphatic rings. The molecule has 2 aromatic rings. The quantitative estimate of drug-likeness (QED) is 0.839. The van der Waals surface area contributed by atoms with Crippen molar-refractivity contribution in [2.75, 3.05) is 5.32 Å². The summed E-state index contributed by atoms with van der Waals surface area (Å²) in [6.45, 7) is 8.32. The van der Waals surface area contributed by atoms with Gasteiger partial charge in [0.1, 0.15) is 16.8 Å². The van der Waals surface area contributed by atoms with Gasteiger partial charge in [-0.3, -0.25) is 0 Å². The van der Waals surface area contributed by atoms with Gasteiger partial charge < -0.3 is 5.32 Å². The molecule has 2 rings (SSSR count). The monoisotopic (exact) mass is 289 g/mol. The van der Waals surface area contributed by atoms with E-state index in [2.05, 4.69) is 55.1 Å². The molecule has 0 radical (unpaired) electrons. The lowest BCUT2D eigenvalue weighted by molar-refractivity contribution is 0.545. The predicted octanol–water partition coefficient (Wildman–Crippen LogP) is 4.60. The number of hydrogen-bond donors (Lipinski definition) is 1. The zero-order chi connectivity index (χ0) is 14.8. The van der Waals surface area contributed by atoms with Crippen molar-refractivity contribution in [3.05, 3.63) is 52.9 Å². The van der Waals surface area contributed by atoms with Crippen LogP contribution in [0.1, 0.15) is 45.1 Å². The Morgan fingerprint density at radius 1 is 1.10 bits per heavy atom. The van der Waals surface area contributed by atoms with Crippen LogP contribution in [-0.2, 0) is 5.41 Å². The van der Waals surface area contributed by atoms with Gasteiger partial charge in [0, 0.05) is 17.5 Å². The molecule has 3 nitrogen and oxygen atoms in total. The fraction of sp³-hybridized carbons (Fsp3) is 0.375. The molecular weight excluding hydrogens is 270 g/mol. The molecule has 0 aliphatic carbocycles. The van der Waals surface area contributed by atoms with Crippen molar-refractivity contribution in [3.63, 3.8) is 0 Å². The van der Waals surface area contributed by atoms with Crippen LogP contribution in [0.4, 0.5) is 5.82 Å². The highest BCUT2D eigenvalue weighted by Crippen LogP contribution is 2.24. The molecule has 0 spiro atoms. The van der Waals surface area contributed by atoms with Crippen LogP contribution in [-0.4, -0.2) is 9.97 Å². The first-order chi connectivity index (χ1) is 9.36. The van der Waals surface area contributed by atoms with E-state index in [1.807, 2.05) is 18.2 Å². The summed E-state index contributed by atoms with van der Waals surface area (Å²) in [6.07, 6.45) is 0. The van der Waals surface area contributed by atoms with Crippen molar-refractivity contribution in [1.29, 1.82) is 0 Å². The summed E-state index contributed by atoms with van der Waals surface area (Å²) in [7, 11) is 0. The standard InChI is InChI=1S/C16H20ClN3/c1-11(12-8-6-5-7-9-12)18-14-10-13(17)19-15(20-14)16(2,3)4/h5-11H,1-4H3,(H,18,19,20). The average Bonchev–Trinajstić information content (AvgIpc) is 2.38. The highest BCUT2D eigenvalue weighted by Gasteiger charge is 2.19. The van der Waals surface area contributed by atoms with E-state index in [0.717, 1.165) is 11.6 Å². The van der Waals surface area contributed by atoms with E-state index < -0.39 is 0 Å². The molecule has 0 saturated heterocycles. The molecule has 1 N–H and O–H groups in total. The predicted molar refractivity (Wildman–Crippen MR) is 84.2 cm³/mol. The Labute approximate surface area is 125 Å². The molecule has 106 valence electrons. The summed E-state index contributed by atoms with van der Waals surface area (Å²) in [5.41, 5.74) is 1.08. The number of hydrogen-bond acceptors (Lipinski definition) is 3. The molecule has 0 aliphatic heterocycles. The second-order valence-corrected chi connectivity index (χ2v) is 6.31. The highest BCUT2D eigenvalue weighted by molar-refractivity contribution is 6.29. The van der Waals surface area contributed by atoms with E-state index in [0.29, 0.717) is 5.15 Å².